The van der Waals surface area contributed by atoms with Gasteiger partial charge in [0.25, 0.3) is 0 Å². The quantitative estimate of drug-likeness (QED) is 0.490. The van der Waals surface area contributed by atoms with Gasteiger partial charge in [0.15, 0.2) is 0 Å². The van der Waals surface area contributed by atoms with Gasteiger partial charge in [-0.25, -0.2) is 9.42 Å². The number of esters is 2. The Bertz CT molecular complexity index is 1030. The summed E-state index contributed by atoms with van der Waals surface area (Å²) in [6, 6.07) is 5.26. The average Bonchev–Trinajstić information content (AvgIpc) is 3.21. The number of fused-ring (bicyclic) bond motifs is 1. The molecule has 1 aliphatic heterocycles. The Labute approximate surface area is 179 Å². The largest absolute Gasteiger partial charge is 0.468 e. The van der Waals surface area contributed by atoms with Gasteiger partial charge in [-0.3, -0.25) is 9.79 Å². The van der Waals surface area contributed by atoms with E-state index in [1.54, 1.807) is 39.0 Å². The molecule has 2 atom stereocenters. The summed E-state index contributed by atoms with van der Waals surface area (Å²) in [5.41, 5.74) is 8.11. The fourth-order valence-electron chi connectivity index (χ4n) is 3.66. The zero-order valence-electron chi connectivity index (χ0n) is 18.0. The third kappa shape index (κ3) is 4.64. The second-order valence-corrected chi connectivity index (χ2v) is 7.37. The van der Waals surface area contributed by atoms with Crippen LogP contribution in [0.2, 0.25) is 0 Å². The van der Waals surface area contributed by atoms with Crippen molar-refractivity contribution in [1.29, 1.82) is 0 Å². The zero-order chi connectivity index (χ0) is 22.5. The first-order valence-corrected chi connectivity index (χ1v) is 9.95. The van der Waals surface area contributed by atoms with Crippen molar-refractivity contribution in [2.24, 2.45) is 16.6 Å². The fourth-order valence-corrected chi connectivity index (χ4v) is 3.66. The van der Waals surface area contributed by atoms with Crippen LogP contribution in [-0.2, 0) is 23.8 Å². The van der Waals surface area contributed by atoms with E-state index in [9.17, 15) is 9.59 Å². The second kappa shape index (κ2) is 9.80. The highest BCUT2D eigenvalue weighted by Gasteiger charge is 2.44. The van der Waals surface area contributed by atoms with Crippen molar-refractivity contribution in [3.63, 3.8) is 0 Å². The highest BCUT2D eigenvalue weighted by atomic mass is 16.6. The predicted molar refractivity (Wildman–Crippen MR) is 111 cm³/mol. The van der Waals surface area contributed by atoms with Gasteiger partial charge < -0.3 is 19.9 Å². The number of methoxy groups -OCH3 is 1. The number of hydrogen-bond acceptors (Lipinski definition) is 10. The van der Waals surface area contributed by atoms with Crippen molar-refractivity contribution in [2.75, 3.05) is 26.9 Å². The molecule has 0 saturated heterocycles. The molecule has 0 spiro atoms. The lowest BCUT2D eigenvalue weighted by atomic mass is 9.75. The summed E-state index contributed by atoms with van der Waals surface area (Å²) in [5.74, 6) is -2.76. The van der Waals surface area contributed by atoms with Crippen molar-refractivity contribution < 1.29 is 28.4 Å². The Morgan fingerprint density at radius 3 is 2.71 bits per heavy atom. The number of carbonyl (C=O) groups is 2. The minimum absolute atomic E-state index is 0.0362. The molecule has 0 fully saturated rings. The lowest BCUT2D eigenvalue weighted by Gasteiger charge is -2.32. The van der Waals surface area contributed by atoms with Crippen LogP contribution >= 0.6 is 0 Å². The highest BCUT2D eigenvalue weighted by molar-refractivity contribution is 6.07. The summed E-state index contributed by atoms with van der Waals surface area (Å²) in [6.45, 7) is 5.85. The first-order chi connectivity index (χ1) is 14.9. The molecule has 10 nitrogen and oxygen atoms in total. The van der Waals surface area contributed by atoms with Gasteiger partial charge in [-0.1, -0.05) is 12.1 Å². The Kier molecular flexibility index (Phi) is 7.13. The van der Waals surface area contributed by atoms with Crippen LogP contribution in [0.3, 0.4) is 0 Å². The number of aromatic nitrogens is 2. The minimum Gasteiger partial charge on any atom is -0.468 e. The van der Waals surface area contributed by atoms with E-state index >= 15 is 0 Å². The number of rotatable bonds is 8. The molecular formula is C21H26N4O6. The Hall–Kier alpha value is -3.11. The molecule has 0 radical (unpaired) electrons. The summed E-state index contributed by atoms with van der Waals surface area (Å²) in [7, 11) is 1.29. The molecule has 2 unspecified atom stereocenters. The van der Waals surface area contributed by atoms with Crippen molar-refractivity contribution in [3.8, 4) is 0 Å². The van der Waals surface area contributed by atoms with Gasteiger partial charge in [0.05, 0.1) is 37.7 Å². The van der Waals surface area contributed by atoms with Gasteiger partial charge in [-0.2, -0.15) is 0 Å². The number of carbonyl (C=O) groups excluding carboxylic acids is 2. The number of hydrogen-bond donors (Lipinski definition) is 1. The van der Waals surface area contributed by atoms with Crippen LogP contribution in [0, 0.1) is 5.92 Å². The first kappa shape index (κ1) is 22.6. The molecule has 0 bridgehead atoms. The maximum atomic E-state index is 13.2. The average molecular weight is 430 g/mol. The minimum atomic E-state index is -0.861. The van der Waals surface area contributed by atoms with Crippen LogP contribution in [-0.4, -0.2) is 60.9 Å². The molecule has 166 valence electrons. The molecular weight excluding hydrogens is 404 g/mol. The summed E-state index contributed by atoms with van der Waals surface area (Å²) < 4.78 is 21.0. The SMILES string of the molecule is COC(=O)C1C(C)=NC(COCCN)=C(C(=O)OC(C)C)C1c1cccc2nonc12. The number of aliphatic imine (C=N–C) groups is 1. The van der Waals surface area contributed by atoms with E-state index in [1.807, 2.05) is 0 Å². The van der Waals surface area contributed by atoms with E-state index in [1.165, 1.54) is 7.11 Å². The van der Waals surface area contributed by atoms with Gasteiger partial charge in [0, 0.05) is 18.2 Å². The topological polar surface area (TPSA) is 139 Å². The Morgan fingerprint density at radius 2 is 2.03 bits per heavy atom. The smallest absolute Gasteiger partial charge is 0.336 e. The molecule has 10 heteroatoms. The maximum Gasteiger partial charge on any atom is 0.336 e. The predicted octanol–water partition coefficient (Wildman–Crippen LogP) is 1.75. The molecule has 2 aromatic rings. The molecule has 2 N–H and O–H groups in total. The standard InChI is InChI=1S/C21H26N4O6/c1-11(2)30-21(27)18-15(10-29-9-8-22)23-12(3)16(20(26)28-4)17(18)13-6-5-7-14-19(13)25-31-24-14/h5-7,11,16-17H,8-10,22H2,1-4H3. The van der Waals surface area contributed by atoms with Crippen LogP contribution < -0.4 is 5.73 Å². The zero-order valence-corrected chi connectivity index (χ0v) is 18.0. The first-order valence-electron chi connectivity index (χ1n) is 9.95. The summed E-state index contributed by atoms with van der Waals surface area (Å²) in [5, 5.41) is 7.87. The Balaban J connectivity index is 2.24. The molecule has 1 aromatic carbocycles. The number of ether oxygens (including phenoxy) is 3. The van der Waals surface area contributed by atoms with Gasteiger partial charge in [0.2, 0.25) is 0 Å². The van der Waals surface area contributed by atoms with Crippen LogP contribution in [0.4, 0.5) is 0 Å². The summed E-state index contributed by atoms with van der Waals surface area (Å²) in [4.78, 5) is 30.6. The van der Waals surface area contributed by atoms with Gasteiger partial charge in [0.1, 0.15) is 17.0 Å². The van der Waals surface area contributed by atoms with Crippen molar-refractivity contribution in [1.82, 2.24) is 10.3 Å². The third-order valence-electron chi connectivity index (χ3n) is 4.89. The molecule has 3 rings (SSSR count). The molecule has 0 amide bonds. The molecule has 1 aliphatic rings. The van der Waals surface area contributed by atoms with Crippen LogP contribution in [0.5, 0.6) is 0 Å². The van der Waals surface area contributed by atoms with E-state index < -0.39 is 23.8 Å². The van der Waals surface area contributed by atoms with Gasteiger partial charge in [-0.05, 0) is 42.7 Å². The molecule has 0 saturated carbocycles. The lowest BCUT2D eigenvalue weighted by Crippen LogP contribution is -2.37. The molecule has 1 aromatic heterocycles. The van der Waals surface area contributed by atoms with E-state index in [0.717, 1.165) is 0 Å². The second-order valence-electron chi connectivity index (χ2n) is 7.37. The van der Waals surface area contributed by atoms with Crippen molar-refractivity contribution in [3.05, 3.63) is 35.0 Å². The lowest BCUT2D eigenvalue weighted by molar-refractivity contribution is -0.145. The van der Waals surface area contributed by atoms with Crippen LogP contribution in [0.25, 0.3) is 11.0 Å². The van der Waals surface area contributed by atoms with Gasteiger partial charge in [-0.15, -0.1) is 0 Å². The maximum absolute atomic E-state index is 13.2. The van der Waals surface area contributed by atoms with E-state index in [0.29, 0.717) is 41.2 Å². The van der Waals surface area contributed by atoms with Crippen molar-refractivity contribution in [2.45, 2.75) is 32.8 Å². The van der Waals surface area contributed by atoms with E-state index in [4.69, 9.17) is 24.6 Å². The number of nitrogens with zero attached hydrogens (tertiary/aromatic N) is 3. The number of benzene rings is 1. The molecule has 0 aliphatic carbocycles. The van der Waals surface area contributed by atoms with Crippen LogP contribution in [0.15, 0.2) is 39.1 Å². The molecule has 2 heterocycles. The van der Waals surface area contributed by atoms with Crippen LogP contribution in [0.1, 0.15) is 32.3 Å². The Morgan fingerprint density at radius 1 is 1.26 bits per heavy atom. The van der Waals surface area contributed by atoms with Crippen molar-refractivity contribution >= 4 is 28.7 Å². The third-order valence-corrected chi connectivity index (χ3v) is 4.89. The summed E-state index contributed by atoms with van der Waals surface area (Å²) >= 11 is 0. The summed E-state index contributed by atoms with van der Waals surface area (Å²) in [6.07, 6.45) is -0.375. The number of nitrogens with two attached hydrogens (primary N) is 1. The monoisotopic (exact) mass is 430 g/mol. The normalized spacial score (nSPS) is 19.0. The van der Waals surface area contributed by atoms with E-state index in [-0.39, 0.29) is 18.3 Å². The highest BCUT2D eigenvalue weighted by Crippen LogP contribution is 2.42. The van der Waals surface area contributed by atoms with E-state index in [2.05, 4.69) is 15.3 Å². The molecule has 31 heavy (non-hydrogen) atoms. The van der Waals surface area contributed by atoms with Gasteiger partial charge >= 0.3 is 11.9 Å². The fraction of sp³-hybridized carbons (Fsp3) is 0.476.